The summed E-state index contributed by atoms with van der Waals surface area (Å²) in [5, 5.41) is 16.4. The Bertz CT molecular complexity index is 2160. The van der Waals surface area contributed by atoms with Gasteiger partial charge in [0.15, 0.2) is 10.3 Å². The number of aryl methyl sites for hydroxylation is 1. The Morgan fingerprint density at radius 3 is 1.65 bits per heavy atom. The van der Waals surface area contributed by atoms with Crippen molar-refractivity contribution in [3.63, 3.8) is 0 Å². The first-order valence-corrected chi connectivity index (χ1v) is 25.5. The summed E-state index contributed by atoms with van der Waals surface area (Å²) in [6, 6.07) is 4.48. The first kappa shape index (κ1) is 49.4. The zero-order valence-electron chi connectivity index (χ0n) is 40.2. The van der Waals surface area contributed by atoms with Gasteiger partial charge in [-0.2, -0.15) is 13.2 Å². The normalized spacial score (nSPS) is 18.9. The lowest BCUT2D eigenvalue weighted by molar-refractivity contribution is -0.147. The summed E-state index contributed by atoms with van der Waals surface area (Å²) in [6.45, 7) is 25.5. The molecule has 14 nitrogen and oxygen atoms in total. The van der Waals surface area contributed by atoms with Gasteiger partial charge < -0.3 is 18.9 Å². The summed E-state index contributed by atoms with van der Waals surface area (Å²) in [5.74, 6) is 5.54. The summed E-state index contributed by atoms with van der Waals surface area (Å²) in [7, 11) is 3.36. The van der Waals surface area contributed by atoms with Crippen LogP contribution in [0.1, 0.15) is 135 Å². The molecule has 2 saturated heterocycles. The zero-order valence-corrected chi connectivity index (χ0v) is 41.8. The number of alkyl halides is 3. The molecule has 6 heterocycles. The quantitative estimate of drug-likeness (QED) is 0.0892. The maximum Gasteiger partial charge on any atom is 0.451 e. The van der Waals surface area contributed by atoms with E-state index in [0.29, 0.717) is 16.8 Å². The van der Waals surface area contributed by atoms with Gasteiger partial charge in [0.05, 0.1) is 5.69 Å². The van der Waals surface area contributed by atoms with Crippen molar-refractivity contribution in [1.82, 2.24) is 59.3 Å². The zero-order chi connectivity index (χ0) is 46.6. The minimum Gasteiger partial charge on any atom is -0.354 e. The Labute approximate surface area is 392 Å². The fraction of sp³-hybridized carbons (Fsp3) is 0.739. The van der Waals surface area contributed by atoms with Crippen molar-refractivity contribution in [1.29, 1.82) is 0 Å². The highest BCUT2D eigenvalue weighted by molar-refractivity contribution is 7.99. The monoisotopic (exact) mass is 941 g/mol. The summed E-state index contributed by atoms with van der Waals surface area (Å²) in [5.41, 5.74) is 2.49. The van der Waals surface area contributed by atoms with Crippen molar-refractivity contribution in [2.75, 3.05) is 86.8 Å². The number of piperazine rings is 2. The van der Waals surface area contributed by atoms with Crippen LogP contribution < -0.4 is 9.80 Å². The third-order valence-electron chi connectivity index (χ3n) is 13.2. The van der Waals surface area contributed by atoms with Crippen LogP contribution >= 0.6 is 23.5 Å². The Morgan fingerprint density at radius 1 is 0.662 bits per heavy atom. The predicted octanol–water partition coefficient (Wildman–Crippen LogP) is 8.14. The Morgan fingerprint density at radius 2 is 1.20 bits per heavy atom. The lowest BCUT2D eigenvalue weighted by atomic mass is 9.68. The highest BCUT2D eigenvalue weighted by Crippen LogP contribution is 2.44. The van der Waals surface area contributed by atoms with Gasteiger partial charge in [-0.25, -0.2) is 19.9 Å². The van der Waals surface area contributed by atoms with E-state index in [2.05, 4.69) is 101 Å². The van der Waals surface area contributed by atoms with Crippen LogP contribution in [-0.2, 0) is 36.5 Å². The van der Waals surface area contributed by atoms with E-state index in [-0.39, 0.29) is 16.2 Å². The van der Waals surface area contributed by atoms with E-state index in [4.69, 9.17) is 19.9 Å². The molecule has 0 N–H and O–H groups in total. The second kappa shape index (κ2) is 20.8. The first-order chi connectivity index (χ1) is 30.8. The third-order valence-corrected chi connectivity index (χ3v) is 15.5. The molecule has 0 aromatic carbocycles. The van der Waals surface area contributed by atoms with Crippen LogP contribution in [-0.4, -0.2) is 136 Å². The van der Waals surface area contributed by atoms with E-state index in [1.165, 1.54) is 75.1 Å². The number of hydrogen-bond acceptors (Lipinski definition) is 14. The molecule has 0 bridgehead atoms. The van der Waals surface area contributed by atoms with E-state index < -0.39 is 12.0 Å². The maximum absolute atomic E-state index is 12.9. The number of nitrogens with zero attached hydrogens (tertiary/aromatic N) is 14. The van der Waals surface area contributed by atoms with Crippen molar-refractivity contribution in [2.24, 2.45) is 14.1 Å². The van der Waals surface area contributed by atoms with Gasteiger partial charge in [0.1, 0.15) is 29.6 Å². The van der Waals surface area contributed by atoms with Gasteiger partial charge in [0.25, 0.3) is 0 Å². The molecule has 0 amide bonds. The van der Waals surface area contributed by atoms with Gasteiger partial charge in [-0.1, -0.05) is 84.8 Å². The van der Waals surface area contributed by atoms with Crippen LogP contribution in [0.5, 0.6) is 0 Å². The molecule has 2 aliphatic heterocycles. The van der Waals surface area contributed by atoms with E-state index in [1.807, 2.05) is 11.6 Å². The largest absolute Gasteiger partial charge is 0.451 e. The average Bonchev–Trinajstić information content (AvgIpc) is 3.83. The molecule has 0 spiro atoms. The molecule has 0 radical (unpaired) electrons. The molecule has 8 rings (SSSR count). The second-order valence-electron chi connectivity index (χ2n) is 20.6. The highest BCUT2D eigenvalue weighted by Gasteiger charge is 2.38. The van der Waals surface area contributed by atoms with Crippen LogP contribution in [0, 0.1) is 0 Å². The van der Waals surface area contributed by atoms with E-state index >= 15 is 0 Å². The van der Waals surface area contributed by atoms with Crippen LogP contribution in [0.2, 0.25) is 0 Å². The smallest absolute Gasteiger partial charge is 0.354 e. The van der Waals surface area contributed by atoms with Crippen molar-refractivity contribution in [2.45, 2.75) is 138 Å². The number of thioether (sulfide) groups is 2. The third kappa shape index (κ3) is 12.7. The number of halogens is 3. The molecule has 4 aromatic rings. The predicted molar refractivity (Wildman–Crippen MR) is 254 cm³/mol. The number of anilines is 2. The standard InChI is InChI=1S/C24H36F3N7S.C22H35N7S/c1-22(2,3)19-28-17(23(4)8-6-9-23)16-18(29-19)34-13-11-33(12-14-34)10-7-15-35-21-31-30-20(32(21)5)24(25,26)27;1-22(2,3)20-24-18(17-7-5-8-17)15-19(25-20)29-12-10-28(11-13-29)9-6-14-30-21-26-23-16-27(21)4/h16H,6-15H2,1-5H3;15-17H,5-14H2,1-4H3. The van der Waals surface area contributed by atoms with Gasteiger partial charge in [-0.05, 0) is 51.6 Å². The lowest BCUT2D eigenvalue weighted by Crippen LogP contribution is -2.47. The minimum absolute atomic E-state index is 0.0171. The average molecular weight is 941 g/mol. The summed E-state index contributed by atoms with van der Waals surface area (Å²) >= 11 is 3.11. The van der Waals surface area contributed by atoms with Crippen molar-refractivity contribution >= 4 is 35.2 Å². The topological polar surface area (TPSA) is 126 Å². The molecule has 65 heavy (non-hydrogen) atoms. The molecule has 358 valence electrons. The number of rotatable bonds is 14. The summed E-state index contributed by atoms with van der Waals surface area (Å²) < 4.78 is 41.6. The van der Waals surface area contributed by atoms with E-state index in [1.54, 1.807) is 18.1 Å². The Kier molecular flexibility index (Phi) is 15.8. The van der Waals surface area contributed by atoms with Crippen LogP contribution in [0.4, 0.5) is 24.8 Å². The minimum atomic E-state index is -4.48. The fourth-order valence-electron chi connectivity index (χ4n) is 8.46. The van der Waals surface area contributed by atoms with Gasteiger partial charge in [0.2, 0.25) is 5.82 Å². The number of aromatic nitrogens is 10. The van der Waals surface area contributed by atoms with Crippen LogP contribution in [0.3, 0.4) is 0 Å². The molecule has 4 fully saturated rings. The Hall–Kier alpha value is -3.55. The van der Waals surface area contributed by atoms with Crippen LogP contribution in [0.25, 0.3) is 0 Å². The molecule has 0 unspecified atom stereocenters. The molecule has 0 atom stereocenters. The molecule has 4 aliphatic rings. The molecular weight excluding hydrogens is 870 g/mol. The highest BCUT2D eigenvalue weighted by atomic mass is 32.2. The Balaban J connectivity index is 0.000000196. The fourth-order valence-corrected chi connectivity index (χ4v) is 10.1. The van der Waals surface area contributed by atoms with Gasteiger partial charge >= 0.3 is 6.18 Å². The lowest BCUT2D eigenvalue weighted by Gasteiger charge is -2.40. The van der Waals surface area contributed by atoms with Crippen molar-refractivity contribution in [3.05, 3.63) is 47.3 Å². The first-order valence-electron chi connectivity index (χ1n) is 23.6. The second-order valence-corrected chi connectivity index (χ2v) is 22.7. The van der Waals surface area contributed by atoms with Gasteiger partial charge in [0, 0.05) is 118 Å². The van der Waals surface area contributed by atoms with Gasteiger partial charge in [-0.3, -0.25) is 9.80 Å². The molecule has 2 aliphatic carbocycles. The molecule has 19 heteroatoms. The maximum atomic E-state index is 12.9. The summed E-state index contributed by atoms with van der Waals surface area (Å²) in [4.78, 5) is 29.7. The molecular formula is C46H71F3N14S2. The molecule has 4 aromatic heterocycles. The van der Waals surface area contributed by atoms with Crippen molar-refractivity contribution in [3.8, 4) is 0 Å². The van der Waals surface area contributed by atoms with E-state index in [9.17, 15) is 13.2 Å². The summed E-state index contributed by atoms with van der Waals surface area (Å²) in [6.07, 6.45) is 6.86. The van der Waals surface area contributed by atoms with Gasteiger partial charge in [-0.15, -0.1) is 20.4 Å². The van der Waals surface area contributed by atoms with Crippen molar-refractivity contribution < 1.29 is 13.2 Å². The van der Waals surface area contributed by atoms with Crippen LogP contribution in [0.15, 0.2) is 28.8 Å². The van der Waals surface area contributed by atoms with E-state index in [0.717, 1.165) is 111 Å². The number of hydrogen-bond donors (Lipinski definition) is 0. The molecule has 2 saturated carbocycles. The SMILES string of the molecule is Cn1c(SCCCN2CCN(c3cc(C4(C)CCC4)nc(C(C)(C)C)n3)CC2)nnc1C(F)(F)F.Cn1cnnc1SCCCN1CCN(c2cc(C3CCC3)nc(C(C)(C)C)n2)CC1.